The van der Waals surface area contributed by atoms with Gasteiger partial charge in [-0.3, -0.25) is 4.79 Å². The molecule has 29 heavy (non-hydrogen) atoms. The third-order valence-electron chi connectivity index (χ3n) is 5.50. The van der Waals surface area contributed by atoms with E-state index in [1.165, 1.54) is 14.6 Å². The molecule has 3 aromatic rings. The summed E-state index contributed by atoms with van der Waals surface area (Å²) in [5.74, 6) is 0.500. The molecule has 1 amide bonds. The van der Waals surface area contributed by atoms with E-state index in [2.05, 4.69) is 24.3 Å². The average Bonchev–Trinajstić information content (AvgIpc) is 3.19. The summed E-state index contributed by atoms with van der Waals surface area (Å²) in [6, 6.07) is 20.1. The predicted molar refractivity (Wildman–Crippen MR) is 116 cm³/mol. The molecule has 1 fully saturated rings. The third-order valence-corrected chi connectivity index (χ3v) is 6.69. The first kappa shape index (κ1) is 19.6. The highest BCUT2D eigenvalue weighted by Crippen LogP contribution is 2.30. The van der Waals surface area contributed by atoms with Crippen LogP contribution in [0.4, 0.5) is 5.69 Å². The maximum atomic E-state index is 13.1. The fourth-order valence-electron chi connectivity index (χ4n) is 4.06. The highest BCUT2D eigenvalue weighted by atomic mass is 32.1. The SMILES string of the molecule is N#CCCN(C(=O)C[NH+]1CCC[C@@H](c2nc3ccccc3s2)C1)c1ccccc1. The summed E-state index contributed by atoms with van der Waals surface area (Å²) in [6.07, 6.45) is 2.57. The normalized spacial score (nSPS) is 19.0. The summed E-state index contributed by atoms with van der Waals surface area (Å²) in [6.45, 7) is 2.84. The molecule has 1 aliphatic heterocycles. The lowest BCUT2D eigenvalue weighted by molar-refractivity contribution is -0.898. The fraction of sp³-hybridized carbons (Fsp3) is 0.348. The number of amides is 1. The van der Waals surface area contributed by atoms with Crippen molar-refractivity contribution in [3.63, 3.8) is 0 Å². The smallest absolute Gasteiger partial charge is 0.282 e. The number of aromatic nitrogens is 1. The van der Waals surface area contributed by atoms with Crippen LogP contribution in [0.2, 0.25) is 0 Å². The average molecular weight is 406 g/mol. The molecule has 6 heteroatoms. The van der Waals surface area contributed by atoms with E-state index in [4.69, 9.17) is 10.2 Å². The number of nitrogens with zero attached hydrogens (tertiary/aromatic N) is 3. The molecular formula is C23H25N4OS+. The third kappa shape index (κ3) is 4.64. The second-order valence-electron chi connectivity index (χ2n) is 7.53. The second-order valence-corrected chi connectivity index (χ2v) is 8.59. The van der Waals surface area contributed by atoms with E-state index in [-0.39, 0.29) is 5.91 Å². The van der Waals surface area contributed by atoms with E-state index in [9.17, 15) is 4.79 Å². The van der Waals surface area contributed by atoms with Crippen molar-refractivity contribution in [1.29, 1.82) is 5.26 Å². The molecule has 0 saturated carbocycles. The number of likely N-dealkylation sites (tertiary alicyclic amines) is 1. The molecule has 4 rings (SSSR count). The number of fused-ring (bicyclic) bond motifs is 1. The lowest BCUT2D eigenvalue weighted by Crippen LogP contribution is -3.14. The predicted octanol–water partition coefficient (Wildman–Crippen LogP) is 3.01. The lowest BCUT2D eigenvalue weighted by Gasteiger charge is -2.30. The minimum Gasteiger partial charge on any atom is -0.327 e. The molecule has 0 aliphatic carbocycles. The van der Waals surface area contributed by atoms with Crippen molar-refractivity contribution < 1.29 is 9.69 Å². The fourth-order valence-corrected chi connectivity index (χ4v) is 5.17. The van der Waals surface area contributed by atoms with Crippen LogP contribution in [-0.2, 0) is 4.79 Å². The Morgan fingerprint density at radius 3 is 2.79 bits per heavy atom. The van der Waals surface area contributed by atoms with Gasteiger partial charge in [0.1, 0.15) is 5.01 Å². The van der Waals surface area contributed by atoms with E-state index in [1.54, 1.807) is 16.2 Å². The highest BCUT2D eigenvalue weighted by Gasteiger charge is 2.29. The summed E-state index contributed by atoms with van der Waals surface area (Å²) in [4.78, 5) is 21.0. The van der Waals surface area contributed by atoms with Crippen molar-refractivity contribution in [2.45, 2.75) is 25.2 Å². The van der Waals surface area contributed by atoms with Crippen LogP contribution >= 0.6 is 11.3 Å². The van der Waals surface area contributed by atoms with Gasteiger partial charge in [-0.25, -0.2) is 4.98 Å². The van der Waals surface area contributed by atoms with Gasteiger partial charge in [0.2, 0.25) is 0 Å². The summed E-state index contributed by atoms with van der Waals surface area (Å²) in [5, 5.41) is 10.2. The maximum absolute atomic E-state index is 13.1. The molecule has 1 saturated heterocycles. The topological polar surface area (TPSA) is 61.4 Å². The molecule has 0 bridgehead atoms. The Kier molecular flexibility index (Phi) is 6.18. The van der Waals surface area contributed by atoms with Gasteiger partial charge in [0, 0.05) is 12.2 Å². The van der Waals surface area contributed by atoms with Gasteiger partial charge in [0.05, 0.1) is 41.7 Å². The van der Waals surface area contributed by atoms with E-state index < -0.39 is 0 Å². The highest BCUT2D eigenvalue weighted by molar-refractivity contribution is 7.18. The summed E-state index contributed by atoms with van der Waals surface area (Å²) in [7, 11) is 0. The number of thiazole rings is 1. The van der Waals surface area contributed by atoms with Crippen LogP contribution in [0.5, 0.6) is 0 Å². The molecule has 2 heterocycles. The Labute approximate surface area is 175 Å². The number of quaternary nitrogens is 1. The van der Waals surface area contributed by atoms with Crippen LogP contribution in [-0.4, -0.2) is 37.1 Å². The van der Waals surface area contributed by atoms with Crippen molar-refractivity contribution in [1.82, 2.24) is 4.98 Å². The van der Waals surface area contributed by atoms with Crippen molar-refractivity contribution in [3.8, 4) is 6.07 Å². The quantitative estimate of drug-likeness (QED) is 0.686. The largest absolute Gasteiger partial charge is 0.327 e. The number of benzene rings is 2. The number of rotatable bonds is 6. The first-order valence-corrected chi connectivity index (χ1v) is 11.0. The van der Waals surface area contributed by atoms with Crippen LogP contribution in [0.15, 0.2) is 54.6 Å². The number of carbonyl (C=O) groups is 1. The van der Waals surface area contributed by atoms with Gasteiger partial charge in [0.15, 0.2) is 6.54 Å². The zero-order chi connectivity index (χ0) is 20.1. The standard InChI is InChI=1S/C23H24N4OS/c24-13-7-15-27(19-9-2-1-3-10-19)22(28)17-26-14-6-8-18(16-26)23-25-20-11-4-5-12-21(20)29-23/h1-5,9-12,18H,6-8,14-17H2/p+1/t18-/m1/s1. The first-order valence-electron chi connectivity index (χ1n) is 10.2. The van der Waals surface area contributed by atoms with Gasteiger partial charge >= 0.3 is 0 Å². The number of piperidine rings is 1. The maximum Gasteiger partial charge on any atom is 0.282 e. The van der Waals surface area contributed by atoms with Crippen LogP contribution in [0.1, 0.15) is 30.2 Å². The molecule has 0 radical (unpaired) electrons. The summed E-state index contributed by atoms with van der Waals surface area (Å²) < 4.78 is 1.23. The number of hydrogen-bond donors (Lipinski definition) is 1. The lowest BCUT2D eigenvalue weighted by atomic mass is 9.98. The zero-order valence-electron chi connectivity index (χ0n) is 16.4. The Balaban J connectivity index is 1.45. The van der Waals surface area contributed by atoms with Crippen molar-refractivity contribution in [2.24, 2.45) is 0 Å². The van der Waals surface area contributed by atoms with E-state index >= 15 is 0 Å². The Bertz CT molecular complexity index is 977. The molecule has 2 aromatic carbocycles. The molecule has 5 nitrogen and oxygen atoms in total. The number of nitriles is 1. The zero-order valence-corrected chi connectivity index (χ0v) is 17.2. The minimum absolute atomic E-state index is 0.0893. The molecule has 1 aromatic heterocycles. The van der Waals surface area contributed by atoms with Gasteiger partial charge in [-0.1, -0.05) is 30.3 Å². The number of nitrogens with one attached hydrogen (secondary N) is 1. The molecular weight excluding hydrogens is 380 g/mol. The van der Waals surface area contributed by atoms with Gasteiger partial charge in [-0.2, -0.15) is 5.26 Å². The van der Waals surface area contributed by atoms with E-state index in [0.29, 0.717) is 25.4 Å². The van der Waals surface area contributed by atoms with Crippen molar-refractivity contribution >= 4 is 33.1 Å². The van der Waals surface area contributed by atoms with Crippen LogP contribution in [0.25, 0.3) is 10.2 Å². The Hall–Kier alpha value is -2.75. The molecule has 1 unspecified atom stereocenters. The second kappa shape index (κ2) is 9.17. The minimum atomic E-state index is 0.0893. The number of anilines is 1. The molecule has 148 valence electrons. The van der Waals surface area contributed by atoms with Crippen LogP contribution in [0, 0.1) is 11.3 Å². The Morgan fingerprint density at radius 1 is 1.21 bits per heavy atom. The van der Waals surface area contributed by atoms with Gasteiger partial charge < -0.3 is 9.80 Å². The number of para-hydroxylation sites is 2. The van der Waals surface area contributed by atoms with E-state index in [0.717, 1.165) is 37.1 Å². The molecule has 2 atom stereocenters. The van der Waals surface area contributed by atoms with E-state index in [1.807, 2.05) is 36.4 Å². The van der Waals surface area contributed by atoms with Gasteiger partial charge in [0.25, 0.3) is 5.91 Å². The van der Waals surface area contributed by atoms with Crippen LogP contribution in [0.3, 0.4) is 0 Å². The monoisotopic (exact) mass is 405 g/mol. The van der Waals surface area contributed by atoms with Crippen molar-refractivity contribution in [2.75, 3.05) is 31.1 Å². The Morgan fingerprint density at radius 2 is 2.00 bits per heavy atom. The van der Waals surface area contributed by atoms with Crippen LogP contribution < -0.4 is 9.80 Å². The van der Waals surface area contributed by atoms with Gasteiger partial charge in [-0.15, -0.1) is 11.3 Å². The van der Waals surface area contributed by atoms with Crippen molar-refractivity contribution in [3.05, 3.63) is 59.6 Å². The first-order chi connectivity index (χ1) is 14.2. The number of carbonyl (C=O) groups excluding carboxylic acids is 1. The molecule has 1 N–H and O–H groups in total. The summed E-state index contributed by atoms with van der Waals surface area (Å²) >= 11 is 1.78. The molecule has 1 aliphatic rings. The summed E-state index contributed by atoms with van der Waals surface area (Å²) in [5.41, 5.74) is 1.94. The van der Waals surface area contributed by atoms with Gasteiger partial charge in [-0.05, 0) is 37.1 Å². The molecule has 0 spiro atoms. The number of hydrogen-bond acceptors (Lipinski definition) is 4.